The van der Waals surface area contributed by atoms with Gasteiger partial charge in [-0.15, -0.1) is 0 Å². The van der Waals surface area contributed by atoms with E-state index in [9.17, 15) is 14.9 Å². The number of allylic oxidation sites excluding steroid dienone is 3. The molecular formula is C21H22N2O5. The van der Waals surface area contributed by atoms with Gasteiger partial charge in [-0.2, -0.15) is 5.26 Å². The van der Waals surface area contributed by atoms with Crippen molar-refractivity contribution >= 4 is 11.8 Å². The summed E-state index contributed by atoms with van der Waals surface area (Å²) in [5.74, 6) is -0.0609. The van der Waals surface area contributed by atoms with E-state index in [0.29, 0.717) is 29.9 Å². The van der Waals surface area contributed by atoms with Gasteiger partial charge in [0, 0.05) is 18.4 Å². The summed E-state index contributed by atoms with van der Waals surface area (Å²) in [6, 6.07) is 8.95. The molecule has 1 aliphatic carbocycles. The van der Waals surface area contributed by atoms with Crippen molar-refractivity contribution in [2.45, 2.75) is 32.6 Å². The largest absolute Gasteiger partial charge is 0.482 e. The Kier molecular flexibility index (Phi) is 5.14. The van der Waals surface area contributed by atoms with E-state index in [4.69, 9.17) is 15.2 Å². The number of ether oxygens (including phenoxy) is 3. The average molecular weight is 382 g/mol. The van der Waals surface area contributed by atoms with Crippen LogP contribution in [0.2, 0.25) is 0 Å². The molecule has 3 rings (SSSR count). The summed E-state index contributed by atoms with van der Waals surface area (Å²) < 4.78 is 15.6. The maximum absolute atomic E-state index is 12.9. The smallest absolute Gasteiger partial charge is 0.343 e. The fraction of sp³-hybridized carbons (Fsp3) is 0.381. The van der Waals surface area contributed by atoms with E-state index in [0.717, 1.165) is 5.56 Å². The Morgan fingerprint density at radius 2 is 2.00 bits per heavy atom. The molecule has 1 heterocycles. The third-order valence-corrected chi connectivity index (χ3v) is 4.87. The zero-order chi connectivity index (χ0) is 20.5. The Bertz CT molecular complexity index is 919. The van der Waals surface area contributed by atoms with Gasteiger partial charge in [0.2, 0.25) is 5.88 Å². The number of methoxy groups -OCH3 is 1. The van der Waals surface area contributed by atoms with Gasteiger partial charge < -0.3 is 19.9 Å². The van der Waals surface area contributed by atoms with Crippen LogP contribution in [0.3, 0.4) is 0 Å². The number of hydrogen-bond donors (Lipinski definition) is 1. The molecule has 1 aromatic carbocycles. The van der Waals surface area contributed by atoms with Crippen molar-refractivity contribution in [2.75, 3.05) is 13.7 Å². The van der Waals surface area contributed by atoms with Crippen molar-refractivity contribution in [1.29, 1.82) is 5.26 Å². The van der Waals surface area contributed by atoms with E-state index < -0.39 is 11.9 Å². The van der Waals surface area contributed by atoms with Gasteiger partial charge in [-0.3, -0.25) is 4.79 Å². The highest BCUT2D eigenvalue weighted by atomic mass is 16.6. The van der Waals surface area contributed by atoms with Gasteiger partial charge in [-0.1, -0.05) is 26.0 Å². The quantitative estimate of drug-likeness (QED) is 0.797. The number of nitriles is 1. The highest BCUT2D eigenvalue weighted by molar-refractivity contribution is 6.00. The number of carbonyl (C=O) groups excluding carboxylic acids is 2. The Morgan fingerprint density at radius 1 is 1.32 bits per heavy atom. The SMILES string of the molecule is COC(=O)COc1ccc([C@@H]2C(C#N)=C(N)OC3=C2C(=O)CC(C)(C)C3)cc1. The first-order valence-corrected chi connectivity index (χ1v) is 8.89. The fourth-order valence-corrected chi connectivity index (χ4v) is 3.58. The number of carbonyl (C=O) groups is 2. The molecule has 0 fully saturated rings. The van der Waals surface area contributed by atoms with E-state index in [1.54, 1.807) is 24.3 Å². The molecule has 0 bridgehead atoms. The molecule has 1 aliphatic heterocycles. The first kappa shape index (κ1) is 19.5. The van der Waals surface area contributed by atoms with Crippen LogP contribution < -0.4 is 10.5 Å². The van der Waals surface area contributed by atoms with Crippen LogP contribution >= 0.6 is 0 Å². The van der Waals surface area contributed by atoms with Crippen molar-refractivity contribution in [2.24, 2.45) is 11.1 Å². The van der Waals surface area contributed by atoms with E-state index in [1.807, 2.05) is 13.8 Å². The van der Waals surface area contributed by atoms with Gasteiger partial charge in [0.05, 0.1) is 13.0 Å². The normalized spacial score (nSPS) is 20.8. The monoisotopic (exact) mass is 382 g/mol. The standard InChI is InChI=1S/C21H22N2O5/c1-21(2)8-15(24)19-16(9-21)28-20(23)14(10-22)18(19)12-4-6-13(7-5-12)27-11-17(25)26-3/h4-7,18H,8-9,11,23H2,1-3H3/t18-/m1/s1. The molecule has 146 valence electrons. The van der Waals surface area contributed by atoms with E-state index in [-0.39, 0.29) is 29.3 Å². The Hall–Kier alpha value is -3.27. The maximum atomic E-state index is 12.9. The maximum Gasteiger partial charge on any atom is 0.343 e. The Morgan fingerprint density at radius 3 is 2.61 bits per heavy atom. The van der Waals surface area contributed by atoms with Gasteiger partial charge in [0.25, 0.3) is 0 Å². The summed E-state index contributed by atoms with van der Waals surface area (Å²) >= 11 is 0. The molecule has 28 heavy (non-hydrogen) atoms. The summed E-state index contributed by atoms with van der Waals surface area (Å²) in [5, 5.41) is 9.62. The summed E-state index contributed by atoms with van der Waals surface area (Å²) in [7, 11) is 1.29. The number of ketones is 1. The van der Waals surface area contributed by atoms with Gasteiger partial charge in [-0.05, 0) is 23.1 Å². The molecule has 7 heteroatoms. The summed E-state index contributed by atoms with van der Waals surface area (Å²) in [6.07, 6.45) is 0.953. The minimum absolute atomic E-state index is 0.0303. The zero-order valence-electron chi connectivity index (χ0n) is 16.1. The summed E-state index contributed by atoms with van der Waals surface area (Å²) in [4.78, 5) is 24.1. The molecule has 2 N–H and O–H groups in total. The molecule has 7 nitrogen and oxygen atoms in total. The minimum Gasteiger partial charge on any atom is -0.482 e. The highest BCUT2D eigenvalue weighted by Crippen LogP contribution is 2.47. The van der Waals surface area contributed by atoms with E-state index in [2.05, 4.69) is 10.8 Å². The number of rotatable bonds is 4. The molecule has 0 unspecified atom stereocenters. The molecule has 1 atom stereocenters. The molecule has 0 radical (unpaired) electrons. The van der Waals surface area contributed by atoms with Gasteiger partial charge in [0.15, 0.2) is 12.4 Å². The first-order valence-electron chi connectivity index (χ1n) is 8.89. The highest BCUT2D eigenvalue weighted by Gasteiger charge is 2.42. The zero-order valence-corrected chi connectivity index (χ0v) is 16.1. The third-order valence-electron chi connectivity index (χ3n) is 4.87. The fourth-order valence-electron chi connectivity index (χ4n) is 3.58. The van der Waals surface area contributed by atoms with Crippen molar-refractivity contribution in [3.8, 4) is 11.8 Å². The molecule has 0 saturated heterocycles. The summed E-state index contributed by atoms with van der Waals surface area (Å²) in [5.41, 5.74) is 7.21. The molecular weight excluding hydrogens is 360 g/mol. The van der Waals surface area contributed by atoms with Crippen LogP contribution in [0.4, 0.5) is 0 Å². The van der Waals surface area contributed by atoms with Crippen LogP contribution in [0.15, 0.2) is 47.1 Å². The van der Waals surface area contributed by atoms with Crippen LogP contribution in [0.25, 0.3) is 0 Å². The van der Waals surface area contributed by atoms with Crippen LogP contribution in [0, 0.1) is 16.7 Å². The number of nitrogens with zero attached hydrogens (tertiary/aromatic N) is 1. The first-order chi connectivity index (χ1) is 13.3. The Labute approximate surface area is 163 Å². The lowest BCUT2D eigenvalue weighted by Gasteiger charge is -2.37. The second-order valence-electron chi connectivity index (χ2n) is 7.64. The van der Waals surface area contributed by atoms with Crippen molar-refractivity contribution in [3.05, 3.63) is 52.6 Å². The average Bonchev–Trinajstić information content (AvgIpc) is 2.64. The minimum atomic E-state index is -0.577. The van der Waals surface area contributed by atoms with E-state index >= 15 is 0 Å². The summed E-state index contributed by atoms with van der Waals surface area (Å²) in [6.45, 7) is 3.80. The molecule has 0 spiro atoms. The third kappa shape index (κ3) is 3.72. The molecule has 2 aliphatic rings. The second kappa shape index (κ2) is 7.39. The van der Waals surface area contributed by atoms with E-state index in [1.165, 1.54) is 7.11 Å². The molecule has 1 aromatic rings. The lowest BCUT2D eigenvalue weighted by atomic mass is 9.70. The molecule has 0 saturated carbocycles. The second-order valence-corrected chi connectivity index (χ2v) is 7.64. The lowest BCUT2D eigenvalue weighted by molar-refractivity contribution is -0.142. The number of hydrogen-bond acceptors (Lipinski definition) is 7. The predicted octanol–water partition coefficient (Wildman–Crippen LogP) is 2.69. The number of Topliss-reactive ketones (excluding diaryl/α,β-unsaturated/α-hetero) is 1. The number of nitrogens with two attached hydrogens (primary N) is 1. The van der Waals surface area contributed by atoms with Crippen molar-refractivity contribution < 1.29 is 23.8 Å². The molecule has 0 amide bonds. The Balaban J connectivity index is 1.96. The van der Waals surface area contributed by atoms with Crippen LogP contribution in [-0.4, -0.2) is 25.5 Å². The van der Waals surface area contributed by atoms with Gasteiger partial charge >= 0.3 is 5.97 Å². The van der Waals surface area contributed by atoms with Crippen molar-refractivity contribution in [1.82, 2.24) is 0 Å². The molecule has 0 aromatic heterocycles. The van der Waals surface area contributed by atoms with Crippen LogP contribution in [0.5, 0.6) is 5.75 Å². The topological polar surface area (TPSA) is 112 Å². The number of esters is 1. The van der Waals surface area contributed by atoms with Crippen LogP contribution in [0.1, 0.15) is 38.2 Å². The lowest BCUT2D eigenvalue weighted by Crippen LogP contribution is -2.33. The number of benzene rings is 1. The van der Waals surface area contributed by atoms with Gasteiger partial charge in [0.1, 0.15) is 23.2 Å². The van der Waals surface area contributed by atoms with Gasteiger partial charge in [-0.25, -0.2) is 4.79 Å². The predicted molar refractivity (Wildman–Crippen MR) is 99.7 cm³/mol. The van der Waals surface area contributed by atoms with Crippen LogP contribution in [-0.2, 0) is 19.1 Å². The van der Waals surface area contributed by atoms with Crippen molar-refractivity contribution in [3.63, 3.8) is 0 Å².